The molecule has 68 valence electrons. The van der Waals surface area contributed by atoms with Gasteiger partial charge in [0, 0.05) is 0 Å². The van der Waals surface area contributed by atoms with Gasteiger partial charge in [-0.1, -0.05) is 20.8 Å². The molecule has 0 aromatic heterocycles. The van der Waals surface area contributed by atoms with E-state index in [0.717, 1.165) is 0 Å². The van der Waals surface area contributed by atoms with Crippen molar-refractivity contribution in [3.05, 3.63) is 0 Å². The molecule has 0 aromatic rings. The van der Waals surface area contributed by atoms with Crippen molar-refractivity contribution < 1.29 is 13.5 Å². The third-order valence-electron chi connectivity index (χ3n) is 1.26. The zero-order valence-corrected chi connectivity index (χ0v) is 7.74. The zero-order chi connectivity index (χ0) is 9.28. The Morgan fingerprint density at radius 2 is 1.45 bits per heavy atom. The smallest absolute Gasteiger partial charge is 0.317 e. The van der Waals surface area contributed by atoms with Gasteiger partial charge in [-0.2, -0.15) is 8.78 Å². The van der Waals surface area contributed by atoms with E-state index in [2.05, 4.69) is 4.74 Å². The van der Waals surface area contributed by atoms with Gasteiger partial charge in [0.15, 0.2) is 0 Å². The van der Waals surface area contributed by atoms with Crippen molar-refractivity contribution >= 4 is 0 Å². The molecule has 0 saturated heterocycles. The Labute approximate surface area is 66.7 Å². The Morgan fingerprint density at radius 3 is 1.55 bits per heavy atom. The Morgan fingerprint density at radius 1 is 1.09 bits per heavy atom. The number of hydrogen-bond donors (Lipinski definition) is 0. The SMILES string of the molecule is CC(C)OC(F)(F)C(C)(C)C. The van der Waals surface area contributed by atoms with Crippen LogP contribution in [0.3, 0.4) is 0 Å². The molecule has 0 aliphatic carbocycles. The van der Waals surface area contributed by atoms with Crippen LogP contribution in [0.5, 0.6) is 0 Å². The van der Waals surface area contributed by atoms with Gasteiger partial charge in [0.2, 0.25) is 0 Å². The molecule has 0 rings (SSSR count). The summed E-state index contributed by atoms with van der Waals surface area (Å²) in [6.07, 6.45) is -3.48. The molecule has 0 fully saturated rings. The third kappa shape index (κ3) is 3.14. The van der Waals surface area contributed by atoms with E-state index in [-0.39, 0.29) is 0 Å². The van der Waals surface area contributed by atoms with Crippen molar-refractivity contribution in [3.8, 4) is 0 Å². The Balaban J connectivity index is 4.22. The summed E-state index contributed by atoms with van der Waals surface area (Å²) in [5, 5.41) is 0. The van der Waals surface area contributed by atoms with Crippen LogP contribution in [-0.4, -0.2) is 12.2 Å². The lowest BCUT2D eigenvalue weighted by Crippen LogP contribution is -2.38. The van der Waals surface area contributed by atoms with Crippen molar-refractivity contribution in [1.82, 2.24) is 0 Å². The van der Waals surface area contributed by atoms with Crippen molar-refractivity contribution in [2.45, 2.75) is 46.8 Å². The van der Waals surface area contributed by atoms with E-state index in [9.17, 15) is 8.78 Å². The molecule has 0 bridgehead atoms. The summed E-state index contributed by atoms with van der Waals surface area (Å²) in [5.74, 6) is 0. The van der Waals surface area contributed by atoms with Crippen LogP contribution in [0.25, 0.3) is 0 Å². The van der Waals surface area contributed by atoms with Gasteiger partial charge in [-0.25, -0.2) is 0 Å². The van der Waals surface area contributed by atoms with Crippen LogP contribution in [-0.2, 0) is 4.74 Å². The minimum absolute atomic E-state index is 0.441. The summed E-state index contributed by atoms with van der Waals surface area (Å²) in [6.45, 7) is 7.56. The highest BCUT2D eigenvalue weighted by Crippen LogP contribution is 2.37. The standard InChI is InChI=1S/C8H16F2O/c1-6(2)11-8(9,10)7(3,4)5/h6H,1-5H3. The van der Waals surface area contributed by atoms with Gasteiger partial charge in [-0.15, -0.1) is 0 Å². The summed E-state index contributed by atoms with van der Waals surface area (Å²) < 4.78 is 30.4. The molecular formula is C8H16F2O. The molecule has 1 nitrogen and oxygen atoms in total. The zero-order valence-electron chi connectivity index (χ0n) is 7.74. The third-order valence-corrected chi connectivity index (χ3v) is 1.26. The molecule has 0 aliphatic heterocycles. The first-order chi connectivity index (χ1) is 4.67. The number of ether oxygens (including phenoxy) is 1. The van der Waals surface area contributed by atoms with Crippen molar-refractivity contribution in [3.63, 3.8) is 0 Å². The van der Waals surface area contributed by atoms with Crippen LogP contribution < -0.4 is 0 Å². The highest BCUT2D eigenvalue weighted by atomic mass is 19.3. The fraction of sp³-hybridized carbons (Fsp3) is 1.00. The predicted molar refractivity (Wildman–Crippen MR) is 40.6 cm³/mol. The van der Waals surface area contributed by atoms with E-state index in [1.54, 1.807) is 13.8 Å². The topological polar surface area (TPSA) is 9.23 Å². The Hall–Kier alpha value is -0.180. The summed E-state index contributed by atoms with van der Waals surface area (Å²) in [4.78, 5) is 0. The van der Waals surface area contributed by atoms with Crippen molar-refractivity contribution in [1.29, 1.82) is 0 Å². The number of alkyl halides is 2. The fourth-order valence-electron chi connectivity index (χ4n) is 0.473. The van der Waals surface area contributed by atoms with E-state index in [1.165, 1.54) is 20.8 Å². The van der Waals surface area contributed by atoms with Crippen LogP contribution in [0.1, 0.15) is 34.6 Å². The van der Waals surface area contributed by atoms with Gasteiger partial charge >= 0.3 is 6.11 Å². The van der Waals surface area contributed by atoms with E-state index in [4.69, 9.17) is 0 Å². The molecule has 0 unspecified atom stereocenters. The second kappa shape index (κ2) is 3.05. The maximum atomic E-state index is 13.0. The molecule has 0 aromatic carbocycles. The minimum atomic E-state index is -3.04. The molecule has 0 atom stereocenters. The molecule has 0 radical (unpaired) electrons. The average molecular weight is 166 g/mol. The second-order valence-corrected chi connectivity index (χ2v) is 3.93. The first-order valence-corrected chi connectivity index (χ1v) is 3.72. The number of halogens is 2. The van der Waals surface area contributed by atoms with Gasteiger partial charge in [-0.05, 0) is 13.8 Å². The van der Waals surface area contributed by atoms with E-state index < -0.39 is 17.6 Å². The molecule has 0 spiro atoms. The quantitative estimate of drug-likeness (QED) is 0.612. The molecule has 3 heteroatoms. The maximum absolute atomic E-state index is 13.0. The summed E-state index contributed by atoms with van der Waals surface area (Å²) in [6, 6.07) is 0. The lowest BCUT2D eigenvalue weighted by Gasteiger charge is -2.31. The van der Waals surface area contributed by atoms with Crippen LogP contribution in [0.2, 0.25) is 0 Å². The highest BCUT2D eigenvalue weighted by molar-refractivity contribution is 4.73. The lowest BCUT2D eigenvalue weighted by molar-refractivity contribution is -0.309. The summed E-state index contributed by atoms with van der Waals surface area (Å²) in [5.41, 5.74) is -1.13. The Kier molecular flexibility index (Phi) is 3.00. The van der Waals surface area contributed by atoms with Crippen LogP contribution in [0.15, 0.2) is 0 Å². The maximum Gasteiger partial charge on any atom is 0.360 e. The number of hydrogen-bond acceptors (Lipinski definition) is 1. The number of rotatable bonds is 2. The van der Waals surface area contributed by atoms with Crippen molar-refractivity contribution in [2.75, 3.05) is 0 Å². The molecule has 0 heterocycles. The fourth-order valence-corrected chi connectivity index (χ4v) is 0.473. The van der Waals surface area contributed by atoms with E-state index >= 15 is 0 Å². The van der Waals surface area contributed by atoms with Crippen LogP contribution >= 0.6 is 0 Å². The molecule has 0 saturated carbocycles. The molecule has 0 aliphatic rings. The molecule has 11 heavy (non-hydrogen) atoms. The molecular weight excluding hydrogens is 150 g/mol. The largest absolute Gasteiger partial charge is 0.360 e. The molecule has 0 N–H and O–H groups in total. The van der Waals surface area contributed by atoms with Crippen molar-refractivity contribution in [2.24, 2.45) is 5.41 Å². The predicted octanol–water partition coefficient (Wildman–Crippen LogP) is 3.05. The van der Waals surface area contributed by atoms with Gasteiger partial charge < -0.3 is 4.74 Å². The van der Waals surface area contributed by atoms with Gasteiger partial charge in [0.05, 0.1) is 11.5 Å². The van der Waals surface area contributed by atoms with Crippen LogP contribution in [0.4, 0.5) is 8.78 Å². The van der Waals surface area contributed by atoms with E-state index in [1.807, 2.05) is 0 Å². The monoisotopic (exact) mass is 166 g/mol. The van der Waals surface area contributed by atoms with E-state index in [0.29, 0.717) is 0 Å². The van der Waals surface area contributed by atoms with Gasteiger partial charge in [0.25, 0.3) is 0 Å². The Bertz CT molecular complexity index is 125. The lowest BCUT2D eigenvalue weighted by atomic mass is 9.95. The molecule has 0 amide bonds. The first kappa shape index (κ1) is 10.8. The average Bonchev–Trinajstić information content (AvgIpc) is 1.56. The van der Waals surface area contributed by atoms with Gasteiger partial charge in [-0.3, -0.25) is 0 Å². The normalized spacial score (nSPS) is 14.2. The van der Waals surface area contributed by atoms with Gasteiger partial charge in [0.1, 0.15) is 0 Å². The first-order valence-electron chi connectivity index (χ1n) is 3.72. The highest BCUT2D eigenvalue weighted by Gasteiger charge is 2.45. The minimum Gasteiger partial charge on any atom is -0.317 e. The second-order valence-electron chi connectivity index (χ2n) is 3.93. The summed E-state index contributed by atoms with van der Waals surface area (Å²) in [7, 11) is 0. The summed E-state index contributed by atoms with van der Waals surface area (Å²) >= 11 is 0. The van der Waals surface area contributed by atoms with Crippen LogP contribution in [0, 0.1) is 5.41 Å².